The lowest BCUT2D eigenvalue weighted by molar-refractivity contribution is -0.116. The highest BCUT2D eigenvalue weighted by Gasteiger charge is 2.03. The minimum absolute atomic E-state index is 0.0107. The van der Waals surface area contributed by atoms with Gasteiger partial charge in [-0.1, -0.05) is 6.07 Å². The van der Waals surface area contributed by atoms with Gasteiger partial charge < -0.3 is 10.2 Å². The van der Waals surface area contributed by atoms with Gasteiger partial charge in [-0.25, -0.2) is 0 Å². The van der Waals surface area contributed by atoms with Crippen LogP contribution in [0.2, 0.25) is 0 Å². The number of likely N-dealkylation sites (N-methyl/N-ethyl adjacent to an activating group) is 1. The fourth-order valence-corrected chi connectivity index (χ4v) is 1.65. The Morgan fingerprint density at radius 3 is 2.88 bits per heavy atom. The van der Waals surface area contributed by atoms with Gasteiger partial charge in [0.1, 0.15) is 0 Å². The molecule has 0 bridgehead atoms. The number of rotatable bonds is 3. The zero-order chi connectivity index (χ0) is 12.3. The van der Waals surface area contributed by atoms with Gasteiger partial charge in [-0.15, -0.1) is 0 Å². The zero-order valence-corrected chi connectivity index (χ0v) is 9.97. The van der Waals surface area contributed by atoms with E-state index in [0.717, 1.165) is 16.5 Å². The number of hydrogen-bond acceptors (Lipinski definition) is 3. The van der Waals surface area contributed by atoms with Crippen molar-refractivity contribution in [2.24, 2.45) is 0 Å². The zero-order valence-electron chi connectivity index (χ0n) is 9.97. The predicted octanol–water partition coefficient (Wildman–Crippen LogP) is 1.73. The Hall–Kier alpha value is -1.94. The Labute approximate surface area is 100 Å². The van der Waals surface area contributed by atoms with Gasteiger partial charge in [-0.2, -0.15) is 0 Å². The van der Waals surface area contributed by atoms with E-state index >= 15 is 0 Å². The lowest BCUT2D eigenvalue weighted by Crippen LogP contribution is -2.27. The number of hydrogen-bond donors (Lipinski definition) is 1. The van der Waals surface area contributed by atoms with E-state index in [0.29, 0.717) is 6.54 Å². The number of nitrogens with one attached hydrogen (secondary N) is 1. The van der Waals surface area contributed by atoms with Crippen LogP contribution in [0.15, 0.2) is 36.7 Å². The molecule has 17 heavy (non-hydrogen) atoms. The van der Waals surface area contributed by atoms with E-state index < -0.39 is 0 Å². The molecule has 1 heterocycles. The van der Waals surface area contributed by atoms with Crippen LogP contribution in [0.1, 0.15) is 0 Å². The number of benzene rings is 1. The molecule has 4 nitrogen and oxygen atoms in total. The van der Waals surface area contributed by atoms with Crippen molar-refractivity contribution in [2.75, 3.05) is 26.0 Å². The van der Waals surface area contributed by atoms with Crippen molar-refractivity contribution < 1.29 is 4.79 Å². The van der Waals surface area contributed by atoms with Crippen molar-refractivity contribution in [1.29, 1.82) is 0 Å². The fourth-order valence-electron chi connectivity index (χ4n) is 1.65. The quantitative estimate of drug-likeness (QED) is 0.871. The molecule has 0 aliphatic rings. The van der Waals surface area contributed by atoms with E-state index in [-0.39, 0.29) is 5.91 Å². The SMILES string of the molecule is CN(C)CC(=O)Nc1ccc2cnccc2c1. The molecule has 2 rings (SSSR count). The maximum absolute atomic E-state index is 11.6. The molecule has 1 amide bonds. The number of amides is 1. The van der Waals surface area contributed by atoms with Crippen molar-refractivity contribution in [2.45, 2.75) is 0 Å². The summed E-state index contributed by atoms with van der Waals surface area (Å²) in [6, 6.07) is 7.71. The van der Waals surface area contributed by atoms with Crippen molar-refractivity contribution in [3.8, 4) is 0 Å². The summed E-state index contributed by atoms with van der Waals surface area (Å²) < 4.78 is 0. The highest BCUT2D eigenvalue weighted by molar-refractivity contribution is 5.95. The molecule has 0 fully saturated rings. The largest absolute Gasteiger partial charge is 0.325 e. The first kappa shape index (κ1) is 11.5. The smallest absolute Gasteiger partial charge is 0.238 e. The lowest BCUT2D eigenvalue weighted by Gasteiger charge is -2.10. The van der Waals surface area contributed by atoms with Crippen molar-refractivity contribution in [3.63, 3.8) is 0 Å². The summed E-state index contributed by atoms with van der Waals surface area (Å²) in [7, 11) is 3.73. The Morgan fingerprint density at radius 1 is 1.29 bits per heavy atom. The van der Waals surface area contributed by atoms with E-state index in [4.69, 9.17) is 0 Å². The number of pyridine rings is 1. The van der Waals surface area contributed by atoms with Crippen molar-refractivity contribution >= 4 is 22.4 Å². The average Bonchev–Trinajstić information content (AvgIpc) is 2.27. The second-order valence-electron chi connectivity index (χ2n) is 4.22. The molecule has 1 aromatic carbocycles. The van der Waals surface area contributed by atoms with Gasteiger partial charge in [0, 0.05) is 23.5 Å². The van der Waals surface area contributed by atoms with E-state index in [1.165, 1.54) is 0 Å². The topological polar surface area (TPSA) is 45.2 Å². The van der Waals surface area contributed by atoms with Crippen LogP contribution in [0.25, 0.3) is 10.8 Å². The normalized spacial score (nSPS) is 10.8. The molecule has 0 aliphatic heterocycles. The van der Waals surface area contributed by atoms with E-state index in [2.05, 4.69) is 10.3 Å². The molecule has 0 atom stereocenters. The standard InChI is InChI=1S/C13H15N3O/c1-16(2)9-13(17)15-12-4-3-11-8-14-6-5-10(11)7-12/h3-8H,9H2,1-2H3,(H,15,17). The first-order valence-corrected chi connectivity index (χ1v) is 5.43. The molecular weight excluding hydrogens is 214 g/mol. The molecule has 1 aromatic heterocycles. The molecule has 2 aromatic rings. The van der Waals surface area contributed by atoms with Gasteiger partial charge in [-0.05, 0) is 37.7 Å². The summed E-state index contributed by atoms with van der Waals surface area (Å²) in [4.78, 5) is 17.5. The Bertz CT molecular complexity index is 537. The molecular formula is C13H15N3O. The summed E-state index contributed by atoms with van der Waals surface area (Å²) in [5.41, 5.74) is 0.815. The van der Waals surface area contributed by atoms with Crippen LogP contribution in [-0.4, -0.2) is 36.4 Å². The molecule has 0 unspecified atom stereocenters. The maximum atomic E-state index is 11.6. The van der Waals surface area contributed by atoms with Gasteiger partial charge in [0.2, 0.25) is 5.91 Å². The molecule has 0 saturated heterocycles. The molecule has 0 saturated carbocycles. The second kappa shape index (κ2) is 4.93. The summed E-state index contributed by atoms with van der Waals surface area (Å²) in [5, 5.41) is 5.00. The van der Waals surface area contributed by atoms with Crippen LogP contribution >= 0.6 is 0 Å². The fraction of sp³-hybridized carbons (Fsp3) is 0.231. The third-order valence-corrected chi connectivity index (χ3v) is 2.38. The summed E-state index contributed by atoms with van der Waals surface area (Å²) >= 11 is 0. The van der Waals surface area contributed by atoms with Gasteiger partial charge in [0.25, 0.3) is 0 Å². The first-order valence-electron chi connectivity index (χ1n) is 5.43. The molecule has 0 aliphatic carbocycles. The summed E-state index contributed by atoms with van der Waals surface area (Å²) in [6.07, 6.45) is 3.55. The van der Waals surface area contributed by atoms with Crippen LogP contribution in [-0.2, 0) is 4.79 Å². The molecule has 0 radical (unpaired) electrons. The van der Waals surface area contributed by atoms with E-state index in [1.807, 2.05) is 43.3 Å². The summed E-state index contributed by atoms with van der Waals surface area (Å²) in [5.74, 6) is -0.0107. The van der Waals surface area contributed by atoms with Crippen LogP contribution < -0.4 is 5.32 Å². The number of fused-ring (bicyclic) bond motifs is 1. The Kier molecular flexibility index (Phi) is 3.35. The maximum Gasteiger partial charge on any atom is 0.238 e. The number of carbonyl (C=O) groups excluding carboxylic acids is 1. The number of carbonyl (C=O) groups is 1. The predicted molar refractivity (Wildman–Crippen MR) is 68.9 cm³/mol. The van der Waals surface area contributed by atoms with Crippen LogP contribution in [0, 0.1) is 0 Å². The third-order valence-electron chi connectivity index (χ3n) is 2.38. The second-order valence-corrected chi connectivity index (χ2v) is 4.22. The van der Waals surface area contributed by atoms with Crippen molar-refractivity contribution in [3.05, 3.63) is 36.7 Å². The number of nitrogens with zero attached hydrogens (tertiary/aromatic N) is 2. The monoisotopic (exact) mass is 229 g/mol. The molecule has 0 spiro atoms. The highest BCUT2D eigenvalue weighted by Crippen LogP contribution is 2.17. The van der Waals surface area contributed by atoms with Crippen LogP contribution in [0.5, 0.6) is 0 Å². The van der Waals surface area contributed by atoms with Gasteiger partial charge >= 0.3 is 0 Å². The molecule has 4 heteroatoms. The van der Waals surface area contributed by atoms with Crippen LogP contribution in [0.4, 0.5) is 5.69 Å². The van der Waals surface area contributed by atoms with Gasteiger partial charge in [0.15, 0.2) is 0 Å². The van der Waals surface area contributed by atoms with Crippen LogP contribution in [0.3, 0.4) is 0 Å². The number of anilines is 1. The lowest BCUT2D eigenvalue weighted by atomic mass is 10.1. The number of aromatic nitrogens is 1. The first-order chi connectivity index (χ1) is 8.15. The van der Waals surface area contributed by atoms with Crippen molar-refractivity contribution in [1.82, 2.24) is 9.88 Å². The third kappa shape index (κ3) is 3.01. The van der Waals surface area contributed by atoms with E-state index in [1.54, 1.807) is 12.4 Å². The molecule has 1 N–H and O–H groups in total. The minimum atomic E-state index is -0.0107. The minimum Gasteiger partial charge on any atom is -0.325 e. The molecule has 88 valence electrons. The average molecular weight is 229 g/mol. The van der Waals surface area contributed by atoms with Gasteiger partial charge in [-0.3, -0.25) is 9.78 Å². The Morgan fingerprint density at radius 2 is 2.12 bits per heavy atom. The van der Waals surface area contributed by atoms with E-state index in [9.17, 15) is 4.79 Å². The summed E-state index contributed by atoms with van der Waals surface area (Å²) in [6.45, 7) is 0.383. The highest BCUT2D eigenvalue weighted by atomic mass is 16.2. The Balaban J connectivity index is 2.17. The van der Waals surface area contributed by atoms with Gasteiger partial charge in [0.05, 0.1) is 6.54 Å².